The second-order valence-electron chi connectivity index (χ2n) is 11.6. The molecule has 0 aliphatic rings. The Morgan fingerprint density at radius 3 is 1.35 bits per heavy atom. The molecule has 0 bridgehead atoms. The first-order valence-electron chi connectivity index (χ1n) is 13.8. The smallest absolute Gasteiger partial charge is 0.514 e. The highest BCUT2D eigenvalue weighted by Gasteiger charge is 2.73. The van der Waals surface area contributed by atoms with Crippen molar-refractivity contribution in [2.75, 3.05) is 43.7 Å². The third-order valence-electron chi connectivity index (χ3n) is 6.00. The van der Waals surface area contributed by atoms with Crippen LogP contribution in [0.25, 0.3) is 0 Å². The number of carbonyl (C=O) groups is 1. The first-order chi connectivity index (χ1) is 21.7. The van der Waals surface area contributed by atoms with Crippen LogP contribution in [-0.4, -0.2) is 76.7 Å². The van der Waals surface area contributed by atoms with Gasteiger partial charge in [0.05, 0.1) is 10.9 Å². The molecule has 0 spiro atoms. The Balaban J connectivity index is 0.000000450. The first kappa shape index (κ1) is 40.5. The number of hydrogen-bond acceptors (Lipinski definition) is 8. The number of rotatable bonds is 9. The van der Waals surface area contributed by atoms with E-state index in [-0.39, 0.29) is 10.9 Å². The number of anilines is 2. The minimum Gasteiger partial charge on any atom is -0.748 e. The molecule has 0 N–H and O–H groups in total. The summed E-state index contributed by atoms with van der Waals surface area (Å²) < 4.78 is 122. The van der Waals surface area contributed by atoms with Crippen LogP contribution in [0, 0.1) is 0 Å². The van der Waals surface area contributed by atoms with Crippen LogP contribution in [0.2, 0.25) is 0 Å². The third kappa shape index (κ3) is 11.5. The lowest BCUT2D eigenvalue weighted by Gasteiger charge is -2.28. The van der Waals surface area contributed by atoms with Crippen molar-refractivity contribution < 1.29 is 58.0 Å². The Morgan fingerprint density at radius 2 is 1.06 bits per heavy atom. The maximum Gasteiger partial charge on any atom is 0.514 e. The Labute approximate surface area is 277 Å². The molecule has 3 aromatic carbocycles. The van der Waals surface area contributed by atoms with E-state index in [0.717, 1.165) is 16.3 Å². The molecule has 0 atom stereocenters. The number of ether oxygens (including phenoxy) is 2. The molecule has 17 heteroatoms. The van der Waals surface area contributed by atoms with E-state index in [0.29, 0.717) is 5.75 Å². The van der Waals surface area contributed by atoms with Crippen molar-refractivity contribution in [2.45, 2.75) is 59.1 Å². The summed E-state index contributed by atoms with van der Waals surface area (Å²) in [6.45, 7) is 5.44. The van der Waals surface area contributed by atoms with Gasteiger partial charge in [-0.15, -0.1) is 0 Å². The maximum absolute atomic E-state index is 12.1. The molecule has 3 aromatic rings. The summed E-state index contributed by atoms with van der Waals surface area (Å²) in [6, 6.07) is 25.0. The molecule has 3 rings (SSSR count). The molecule has 48 heavy (non-hydrogen) atoms. The van der Waals surface area contributed by atoms with Crippen LogP contribution in [0.1, 0.15) is 20.8 Å². The van der Waals surface area contributed by atoms with Gasteiger partial charge in [0.2, 0.25) is 0 Å². The molecular formula is C31H35F7N2O6S2. The Morgan fingerprint density at radius 1 is 0.708 bits per heavy atom. The van der Waals surface area contributed by atoms with E-state index >= 15 is 0 Å². The third-order valence-corrected chi connectivity index (χ3v) is 8.95. The second-order valence-corrected chi connectivity index (χ2v) is 15.0. The Hall–Kier alpha value is -3.70. The van der Waals surface area contributed by atoms with Crippen molar-refractivity contribution in [3.8, 4) is 5.75 Å². The summed E-state index contributed by atoms with van der Waals surface area (Å²) >= 11 is 0. The quantitative estimate of drug-likeness (QED) is 0.0731. The van der Waals surface area contributed by atoms with Crippen LogP contribution < -0.4 is 14.5 Å². The zero-order valence-corrected chi connectivity index (χ0v) is 28.6. The lowest BCUT2D eigenvalue weighted by atomic mass is 10.2. The van der Waals surface area contributed by atoms with E-state index in [1.54, 1.807) is 0 Å². The number of hydrogen-bond donors (Lipinski definition) is 0. The van der Waals surface area contributed by atoms with E-state index < -0.39 is 45.6 Å². The fraction of sp³-hybridized carbons (Fsp3) is 0.387. The van der Waals surface area contributed by atoms with Crippen molar-refractivity contribution in [3.63, 3.8) is 0 Å². The standard InChI is InChI=1S/C27H33N2O3S.C4H3F7O3S/c1-27(2,3)32-26(30)31-22-12-18-25(19-13-22)33(23-14-8-20(9-15-23)28(4)5)24-16-10-21(11-17-24)29(6)7;5-2(6,1-15(12,13)14)3(7,8)4(9,10)11/h8-19H,1-7H3;1H2,(H,12,13,14)/q+1;/p-1. The molecule has 0 saturated carbocycles. The van der Waals surface area contributed by atoms with Crippen LogP contribution >= 0.6 is 0 Å². The predicted molar refractivity (Wildman–Crippen MR) is 168 cm³/mol. The fourth-order valence-corrected chi connectivity index (χ4v) is 6.37. The van der Waals surface area contributed by atoms with Crippen molar-refractivity contribution in [1.82, 2.24) is 0 Å². The van der Waals surface area contributed by atoms with E-state index in [1.807, 2.05) is 73.2 Å². The second kappa shape index (κ2) is 15.2. The number of carbonyl (C=O) groups excluding carboxylic acids is 1. The lowest BCUT2D eigenvalue weighted by molar-refractivity contribution is -0.348. The van der Waals surface area contributed by atoms with Crippen molar-refractivity contribution in [1.29, 1.82) is 0 Å². The molecular weight excluding hydrogens is 693 g/mol. The highest BCUT2D eigenvalue weighted by Crippen LogP contribution is 2.46. The monoisotopic (exact) mass is 728 g/mol. The van der Waals surface area contributed by atoms with E-state index in [4.69, 9.17) is 9.47 Å². The molecule has 266 valence electrons. The largest absolute Gasteiger partial charge is 0.748 e. The van der Waals surface area contributed by atoms with E-state index in [2.05, 4.69) is 58.3 Å². The van der Waals surface area contributed by atoms with Gasteiger partial charge in [0.15, 0.2) is 14.7 Å². The normalized spacial score (nSPS) is 12.6. The van der Waals surface area contributed by atoms with Crippen LogP contribution in [-0.2, 0) is 25.7 Å². The summed E-state index contributed by atoms with van der Waals surface area (Å²) in [4.78, 5) is 19.8. The summed E-state index contributed by atoms with van der Waals surface area (Å²) in [7, 11) is 1.95. The van der Waals surface area contributed by atoms with Crippen molar-refractivity contribution in [2.24, 2.45) is 0 Å². The molecule has 0 radical (unpaired) electrons. The van der Waals surface area contributed by atoms with Gasteiger partial charge in [-0.1, -0.05) is 0 Å². The molecule has 8 nitrogen and oxygen atoms in total. The molecule has 0 saturated heterocycles. The van der Waals surface area contributed by atoms with Crippen LogP contribution in [0.3, 0.4) is 0 Å². The minimum absolute atomic E-state index is 0.303. The average molecular weight is 729 g/mol. The Kier molecular flexibility index (Phi) is 12.9. The zero-order valence-electron chi connectivity index (χ0n) is 26.9. The van der Waals surface area contributed by atoms with Gasteiger partial charge in [-0.3, -0.25) is 0 Å². The first-order valence-corrected chi connectivity index (χ1v) is 16.6. The van der Waals surface area contributed by atoms with Crippen molar-refractivity contribution in [3.05, 3.63) is 72.8 Å². The van der Waals surface area contributed by atoms with Gasteiger partial charge < -0.3 is 23.8 Å². The minimum atomic E-state index is -6.64. The number of alkyl halides is 7. The van der Waals surface area contributed by atoms with Crippen LogP contribution in [0.4, 0.5) is 46.9 Å². The van der Waals surface area contributed by atoms with Gasteiger partial charge in [0, 0.05) is 39.6 Å². The van der Waals surface area contributed by atoms with Gasteiger partial charge in [0.25, 0.3) is 0 Å². The average Bonchev–Trinajstić information content (AvgIpc) is 2.92. The van der Waals surface area contributed by atoms with Gasteiger partial charge in [-0.2, -0.15) is 30.7 Å². The molecule has 0 unspecified atom stereocenters. The van der Waals surface area contributed by atoms with Crippen LogP contribution in [0.15, 0.2) is 87.5 Å². The van der Waals surface area contributed by atoms with Gasteiger partial charge in [-0.05, 0) is 93.6 Å². The highest BCUT2D eigenvalue weighted by atomic mass is 32.2. The molecule has 0 aromatic heterocycles. The number of benzene rings is 3. The van der Waals surface area contributed by atoms with Gasteiger partial charge in [-0.25, -0.2) is 13.2 Å². The maximum atomic E-state index is 12.1. The summed E-state index contributed by atoms with van der Waals surface area (Å²) in [5.74, 6) is -15.2. The lowest BCUT2D eigenvalue weighted by Crippen LogP contribution is -2.55. The van der Waals surface area contributed by atoms with E-state index in [1.165, 1.54) is 9.79 Å². The SMILES string of the molecule is CN(C)c1ccc([S+](c2ccc(OC(=O)OC(C)(C)C)cc2)c2ccc(N(C)C)cc2)cc1.O=S(=O)([O-])CC(F)(F)C(F)(F)C(F)(F)F. The topological polar surface area (TPSA) is 99.2 Å². The summed E-state index contributed by atoms with van der Waals surface area (Å²) in [6.07, 6.45) is -7.34. The molecule has 0 amide bonds. The van der Waals surface area contributed by atoms with E-state index in [9.17, 15) is 48.5 Å². The van der Waals surface area contributed by atoms with Crippen LogP contribution in [0.5, 0.6) is 5.75 Å². The Bertz CT molecular complexity index is 1560. The molecule has 0 aliphatic carbocycles. The number of nitrogens with zero attached hydrogens (tertiary/aromatic N) is 2. The van der Waals surface area contributed by atoms with Crippen molar-refractivity contribution >= 4 is 38.5 Å². The molecule has 0 heterocycles. The molecule has 0 fully saturated rings. The summed E-state index contributed by atoms with van der Waals surface area (Å²) in [5, 5.41) is 0. The fourth-order valence-electron chi connectivity index (χ4n) is 3.70. The summed E-state index contributed by atoms with van der Waals surface area (Å²) in [5.41, 5.74) is 1.72. The number of halogens is 7. The highest BCUT2D eigenvalue weighted by molar-refractivity contribution is 7.97. The van der Waals surface area contributed by atoms with Gasteiger partial charge in [0.1, 0.15) is 27.2 Å². The van der Waals surface area contributed by atoms with Gasteiger partial charge >= 0.3 is 24.2 Å². The predicted octanol–water partition coefficient (Wildman–Crippen LogP) is 7.59. The zero-order chi connectivity index (χ0) is 36.9. The molecule has 0 aliphatic heterocycles.